The number of nitrogens with one attached hydrogen (secondary N) is 1. The summed E-state index contributed by atoms with van der Waals surface area (Å²) in [6, 6.07) is 12.7. The average Bonchev–Trinajstić information content (AvgIpc) is 3.07. The van der Waals surface area contributed by atoms with Crippen LogP contribution in [-0.2, 0) is 11.4 Å². The largest absolute Gasteiger partial charge is 0.495 e. The summed E-state index contributed by atoms with van der Waals surface area (Å²) in [5, 5.41) is 11.7. The van der Waals surface area contributed by atoms with E-state index in [1.54, 1.807) is 25.3 Å². The topological polar surface area (TPSA) is 104 Å². The second-order valence-corrected chi connectivity index (χ2v) is 7.38. The van der Waals surface area contributed by atoms with Gasteiger partial charge in [0.2, 0.25) is 11.1 Å². The maximum atomic E-state index is 12.2. The van der Waals surface area contributed by atoms with E-state index < -0.39 is 0 Å². The first kappa shape index (κ1) is 20.8. The van der Waals surface area contributed by atoms with Crippen LogP contribution in [0.3, 0.4) is 0 Å². The van der Waals surface area contributed by atoms with Crippen molar-refractivity contribution in [3.05, 3.63) is 58.9 Å². The van der Waals surface area contributed by atoms with Gasteiger partial charge in [0, 0.05) is 0 Å². The molecule has 10 heteroatoms. The fraction of sp³-hybridized carbons (Fsp3) is 0.211. The molecule has 0 radical (unpaired) electrons. The predicted octanol–water partition coefficient (Wildman–Crippen LogP) is 3.27. The van der Waals surface area contributed by atoms with Gasteiger partial charge in [-0.1, -0.05) is 41.6 Å². The number of aryl methyl sites for hydroxylation is 1. The van der Waals surface area contributed by atoms with Crippen molar-refractivity contribution in [1.82, 2.24) is 14.9 Å². The molecule has 0 unspecified atom stereocenters. The van der Waals surface area contributed by atoms with Gasteiger partial charge in [-0.3, -0.25) is 4.79 Å². The van der Waals surface area contributed by atoms with Crippen LogP contribution in [-0.4, -0.2) is 33.6 Å². The number of anilines is 1. The fourth-order valence-corrected chi connectivity index (χ4v) is 3.28. The highest BCUT2D eigenvalue weighted by atomic mass is 35.5. The number of thioether (sulfide) groups is 1. The smallest absolute Gasteiger partial charge is 0.234 e. The van der Waals surface area contributed by atoms with Gasteiger partial charge >= 0.3 is 0 Å². The Morgan fingerprint density at radius 3 is 2.83 bits per heavy atom. The number of carbonyl (C=O) groups excluding carboxylic acids is 1. The summed E-state index contributed by atoms with van der Waals surface area (Å²) in [6.07, 6.45) is 0. The SMILES string of the molecule is COc1ccccc1NC(=O)CSc1nnc(COc2cc(C)ccc2Cl)n1N. The van der Waals surface area contributed by atoms with Crippen LogP contribution >= 0.6 is 23.4 Å². The van der Waals surface area contributed by atoms with Crippen molar-refractivity contribution in [3.8, 4) is 11.5 Å². The zero-order valence-electron chi connectivity index (χ0n) is 15.9. The minimum Gasteiger partial charge on any atom is -0.495 e. The van der Waals surface area contributed by atoms with Gasteiger partial charge in [0.25, 0.3) is 0 Å². The first-order chi connectivity index (χ1) is 14.0. The lowest BCUT2D eigenvalue weighted by atomic mass is 10.2. The molecule has 0 aliphatic carbocycles. The Morgan fingerprint density at radius 2 is 2.03 bits per heavy atom. The number of benzene rings is 2. The minimum atomic E-state index is -0.216. The minimum absolute atomic E-state index is 0.0979. The Morgan fingerprint density at radius 1 is 1.24 bits per heavy atom. The maximum absolute atomic E-state index is 12.2. The molecule has 1 aromatic heterocycles. The molecule has 0 atom stereocenters. The Hall–Kier alpha value is -2.91. The van der Waals surface area contributed by atoms with Crippen LogP contribution in [0, 0.1) is 6.92 Å². The van der Waals surface area contributed by atoms with Crippen LogP contribution < -0.4 is 20.6 Å². The third-order valence-corrected chi connectivity index (χ3v) is 5.15. The van der Waals surface area contributed by atoms with Crippen LogP contribution in [0.2, 0.25) is 5.02 Å². The Balaban J connectivity index is 1.56. The van der Waals surface area contributed by atoms with E-state index in [9.17, 15) is 4.79 Å². The van der Waals surface area contributed by atoms with Gasteiger partial charge < -0.3 is 20.6 Å². The van der Waals surface area contributed by atoms with Crippen LogP contribution in [0.1, 0.15) is 11.4 Å². The lowest BCUT2D eigenvalue weighted by Gasteiger charge is -2.10. The molecule has 0 aliphatic heterocycles. The third-order valence-electron chi connectivity index (χ3n) is 3.89. The summed E-state index contributed by atoms with van der Waals surface area (Å²) in [5.41, 5.74) is 1.62. The molecule has 152 valence electrons. The Labute approximate surface area is 177 Å². The number of amides is 1. The molecule has 0 fully saturated rings. The third kappa shape index (κ3) is 5.33. The highest BCUT2D eigenvalue weighted by Crippen LogP contribution is 2.26. The van der Waals surface area contributed by atoms with Crippen molar-refractivity contribution in [2.75, 3.05) is 24.0 Å². The van der Waals surface area contributed by atoms with Gasteiger partial charge in [-0.2, -0.15) is 0 Å². The number of methoxy groups -OCH3 is 1. The molecule has 2 aromatic carbocycles. The molecule has 1 heterocycles. The van der Waals surface area contributed by atoms with Crippen molar-refractivity contribution in [2.45, 2.75) is 18.7 Å². The first-order valence-corrected chi connectivity index (χ1v) is 9.98. The summed E-state index contributed by atoms with van der Waals surface area (Å²) < 4.78 is 12.2. The summed E-state index contributed by atoms with van der Waals surface area (Å²) >= 11 is 7.29. The molecule has 3 rings (SSSR count). The zero-order chi connectivity index (χ0) is 20.8. The van der Waals surface area contributed by atoms with Crippen molar-refractivity contribution in [1.29, 1.82) is 0 Å². The number of hydrogen-bond acceptors (Lipinski definition) is 7. The second kappa shape index (κ2) is 9.53. The van der Waals surface area contributed by atoms with Crippen molar-refractivity contribution < 1.29 is 14.3 Å². The molecule has 0 aliphatic rings. The van der Waals surface area contributed by atoms with Crippen molar-refractivity contribution in [2.24, 2.45) is 0 Å². The predicted molar refractivity (Wildman–Crippen MR) is 113 cm³/mol. The number of para-hydroxylation sites is 2. The summed E-state index contributed by atoms with van der Waals surface area (Å²) in [7, 11) is 1.55. The van der Waals surface area contributed by atoms with Crippen LogP contribution in [0.4, 0.5) is 5.69 Å². The van der Waals surface area contributed by atoms with Gasteiger partial charge in [-0.05, 0) is 36.8 Å². The molecular weight excluding hydrogens is 414 g/mol. The number of nitrogens with two attached hydrogens (primary N) is 1. The zero-order valence-corrected chi connectivity index (χ0v) is 17.5. The summed E-state index contributed by atoms with van der Waals surface area (Å²) in [6.45, 7) is 2.04. The van der Waals surface area contributed by atoms with E-state index in [0.717, 1.165) is 5.56 Å². The molecule has 8 nitrogen and oxygen atoms in total. The lowest BCUT2D eigenvalue weighted by molar-refractivity contribution is -0.113. The van der Waals surface area contributed by atoms with Crippen LogP contribution in [0.25, 0.3) is 0 Å². The second-order valence-electron chi connectivity index (χ2n) is 6.03. The monoisotopic (exact) mass is 433 g/mol. The van der Waals surface area contributed by atoms with E-state index in [1.807, 2.05) is 31.2 Å². The van der Waals surface area contributed by atoms with E-state index in [1.165, 1.54) is 16.4 Å². The van der Waals surface area contributed by atoms with Gasteiger partial charge in [0.15, 0.2) is 5.82 Å². The maximum Gasteiger partial charge on any atom is 0.234 e. The number of aromatic nitrogens is 3. The summed E-state index contributed by atoms with van der Waals surface area (Å²) in [5.74, 6) is 7.46. The van der Waals surface area contributed by atoms with E-state index in [2.05, 4.69) is 15.5 Å². The number of halogens is 1. The number of rotatable bonds is 8. The molecule has 3 aromatic rings. The van der Waals surface area contributed by atoms with Gasteiger partial charge in [-0.15, -0.1) is 10.2 Å². The number of nitrogen functional groups attached to an aromatic ring is 1. The van der Waals surface area contributed by atoms with Gasteiger partial charge in [-0.25, -0.2) is 4.68 Å². The highest BCUT2D eigenvalue weighted by Gasteiger charge is 2.14. The van der Waals surface area contributed by atoms with Crippen LogP contribution in [0.5, 0.6) is 11.5 Å². The van der Waals surface area contributed by atoms with E-state index in [0.29, 0.717) is 33.2 Å². The molecule has 1 amide bonds. The van der Waals surface area contributed by atoms with E-state index >= 15 is 0 Å². The summed E-state index contributed by atoms with van der Waals surface area (Å²) in [4.78, 5) is 12.2. The normalized spacial score (nSPS) is 10.6. The quantitative estimate of drug-likeness (QED) is 0.415. The van der Waals surface area contributed by atoms with Gasteiger partial charge in [0.05, 0.1) is 23.6 Å². The molecule has 0 spiro atoms. The number of carbonyl (C=O) groups is 1. The number of nitrogens with zero attached hydrogens (tertiary/aromatic N) is 3. The van der Waals surface area contributed by atoms with Crippen molar-refractivity contribution >= 4 is 35.0 Å². The molecule has 0 bridgehead atoms. The molecule has 0 saturated heterocycles. The Kier molecular flexibility index (Phi) is 6.84. The van der Waals surface area contributed by atoms with Gasteiger partial charge in [0.1, 0.15) is 18.1 Å². The Bertz CT molecular complexity index is 1010. The first-order valence-electron chi connectivity index (χ1n) is 8.62. The van der Waals surface area contributed by atoms with E-state index in [4.69, 9.17) is 26.9 Å². The van der Waals surface area contributed by atoms with E-state index in [-0.39, 0.29) is 18.3 Å². The average molecular weight is 434 g/mol. The molecule has 29 heavy (non-hydrogen) atoms. The molecule has 3 N–H and O–H groups in total. The number of hydrogen-bond donors (Lipinski definition) is 2. The van der Waals surface area contributed by atoms with Crippen molar-refractivity contribution in [3.63, 3.8) is 0 Å². The lowest BCUT2D eigenvalue weighted by Crippen LogP contribution is -2.18. The van der Waals surface area contributed by atoms with Crippen LogP contribution in [0.15, 0.2) is 47.6 Å². The fourth-order valence-electron chi connectivity index (χ4n) is 2.43. The standard InChI is InChI=1S/C19H20ClN5O3S/c1-12-7-8-13(20)16(9-12)28-10-17-23-24-19(25(17)21)29-11-18(26)22-14-5-3-4-6-15(14)27-2/h3-9H,10-11,21H2,1-2H3,(H,22,26). The highest BCUT2D eigenvalue weighted by molar-refractivity contribution is 7.99. The molecular formula is C19H20ClN5O3S. The molecule has 0 saturated carbocycles. The number of ether oxygens (including phenoxy) is 2.